The van der Waals surface area contributed by atoms with Gasteiger partial charge in [-0.05, 0) is 24.6 Å². The zero-order valence-corrected chi connectivity index (χ0v) is 8.25. The molecule has 0 fully saturated rings. The van der Waals surface area contributed by atoms with E-state index in [0.29, 0.717) is 11.3 Å². The van der Waals surface area contributed by atoms with Gasteiger partial charge in [-0.1, -0.05) is 12.2 Å². The van der Waals surface area contributed by atoms with Crippen LogP contribution in [0.3, 0.4) is 0 Å². The van der Waals surface area contributed by atoms with Crippen LogP contribution in [0.4, 0.5) is 4.39 Å². The molecule has 0 bridgehead atoms. The summed E-state index contributed by atoms with van der Waals surface area (Å²) in [7, 11) is 1.49. The van der Waals surface area contributed by atoms with Crippen LogP contribution in [0.2, 0.25) is 0 Å². The van der Waals surface area contributed by atoms with E-state index in [4.69, 9.17) is 9.84 Å². The molecule has 0 aliphatic heterocycles. The predicted octanol–water partition coefficient (Wildman–Crippen LogP) is 2.15. The molecule has 14 heavy (non-hydrogen) atoms. The van der Waals surface area contributed by atoms with Gasteiger partial charge >= 0.3 is 0 Å². The molecule has 76 valence electrons. The summed E-state index contributed by atoms with van der Waals surface area (Å²) < 4.78 is 18.4. The lowest BCUT2D eigenvalue weighted by molar-refractivity contribution is 0.343. The van der Waals surface area contributed by atoms with E-state index in [1.165, 1.54) is 25.3 Å². The van der Waals surface area contributed by atoms with Crippen LogP contribution in [0.15, 0.2) is 18.2 Å². The van der Waals surface area contributed by atoms with Crippen LogP contribution in [-0.2, 0) is 0 Å². The van der Waals surface area contributed by atoms with Gasteiger partial charge in [-0.2, -0.15) is 0 Å². The minimum atomic E-state index is -0.341. The molecule has 0 radical (unpaired) electrons. The third-order valence-electron chi connectivity index (χ3n) is 1.85. The van der Waals surface area contributed by atoms with Gasteiger partial charge in [0.2, 0.25) is 0 Å². The molecular weight excluding hydrogens is 183 g/mol. The van der Waals surface area contributed by atoms with Gasteiger partial charge in [-0.15, -0.1) is 0 Å². The summed E-state index contributed by atoms with van der Waals surface area (Å²) in [6.07, 6.45) is 2.98. The monoisotopic (exact) mass is 196 g/mol. The number of methoxy groups -OCH3 is 1. The summed E-state index contributed by atoms with van der Waals surface area (Å²) in [4.78, 5) is 0. The molecule has 0 aliphatic rings. The van der Waals surface area contributed by atoms with E-state index in [9.17, 15) is 4.39 Å². The first kappa shape index (κ1) is 10.7. The molecule has 1 N–H and O–H groups in total. The molecule has 0 atom stereocenters. The molecule has 0 heterocycles. The Bertz CT molecular complexity index is 345. The van der Waals surface area contributed by atoms with Gasteiger partial charge in [0.1, 0.15) is 11.6 Å². The minimum Gasteiger partial charge on any atom is -0.496 e. The second-order valence-corrected chi connectivity index (χ2v) is 2.95. The van der Waals surface area contributed by atoms with Gasteiger partial charge in [-0.3, -0.25) is 0 Å². The highest BCUT2D eigenvalue weighted by molar-refractivity contribution is 5.59. The van der Waals surface area contributed by atoms with E-state index in [2.05, 4.69) is 0 Å². The lowest BCUT2D eigenvalue weighted by atomic mass is 10.1. The number of aliphatic hydroxyl groups excluding tert-OH is 1. The van der Waals surface area contributed by atoms with Crippen LogP contribution in [0, 0.1) is 12.7 Å². The average molecular weight is 196 g/mol. The first-order valence-corrected chi connectivity index (χ1v) is 4.30. The maximum Gasteiger partial charge on any atom is 0.134 e. The fraction of sp³-hybridized carbons (Fsp3) is 0.273. The smallest absolute Gasteiger partial charge is 0.134 e. The molecule has 0 amide bonds. The number of benzene rings is 1. The second kappa shape index (κ2) is 4.77. The standard InChI is InChI=1S/C11H13FO2/c1-8-6-10(12)9(4-3-5-13)11(7-8)14-2/h3-4,6-7,13H,5H2,1-2H3/b4-3+. The van der Waals surface area contributed by atoms with Crippen LogP contribution >= 0.6 is 0 Å². The van der Waals surface area contributed by atoms with Crippen molar-refractivity contribution in [2.24, 2.45) is 0 Å². The second-order valence-electron chi connectivity index (χ2n) is 2.95. The Hall–Kier alpha value is -1.35. The summed E-state index contributed by atoms with van der Waals surface area (Å²) in [5.74, 6) is 0.138. The largest absolute Gasteiger partial charge is 0.496 e. The Morgan fingerprint density at radius 3 is 2.79 bits per heavy atom. The van der Waals surface area contributed by atoms with Crippen molar-refractivity contribution >= 4 is 6.08 Å². The van der Waals surface area contributed by atoms with Gasteiger partial charge in [0.05, 0.1) is 19.3 Å². The third-order valence-corrected chi connectivity index (χ3v) is 1.85. The van der Waals surface area contributed by atoms with Gasteiger partial charge < -0.3 is 9.84 Å². The number of halogens is 1. The SMILES string of the molecule is COc1cc(C)cc(F)c1/C=C/CO. The Kier molecular flexibility index (Phi) is 3.65. The lowest BCUT2D eigenvalue weighted by Gasteiger charge is -2.07. The summed E-state index contributed by atoms with van der Waals surface area (Å²) in [6, 6.07) is 3.18. The van der Waals surface area contributed by atoms with E-state index >= 15 is 0 Å². The number of rotatable bonds is 3. The van der Waals surface area contributed by atoms with Gasteiger partial charge in [0.15, 0.2) is 0 Å². The Morgan fingerprint density at radius 2 is 2.21 bits per heavy atom. The van der Waals surface area contributed by atoms with Crippen molar-refractivity contribution < 1.29 is 14.2 Å². The molecule has 0 aromatic heterocycles. The highest BCUT2D eigenvalue weighted by atomic mass is 19.1. The van der Waals surface area contributed by atoms with Gasteiger partial charge in [0, 0.05) is 0 Å². The molecule has 0 saturated heterocycles. The average Bonchev–Trinajstić information content (AvgIpc) is 2.15. The zero-order chi connectivity index (χ0) is 10.6. The number of hydrogen-bond acceptors (Lipinski definition) is 2. The van der Waals surface area contributed by atoms with Crippen molar-refractivity contribution in [3.05, 3.63) is 35.2 Å². The van der Waals surface area contributed by atoms with Crippen molar-refractivity contribution in [2.45, 2.75) is 6.92 Å². The number of aliphatic hydroxyl groups is 1. The normalized spacial score (nSPS) is 10.9. The molecule has 0 spiro atoms. The van der Waals surface area contributed by atoms with Crippen molar-refractivity contribution in [1.29, 1.82) is 0 Å². The van der Waals surface area contributed by atoms with Crippen LogP contribution in [0.25, 0.3) is 6.08 Å². The summed E-state index contributed by atoms with van der Waals surface area (Å²) in [5, 5.41) is 8.59. The summed E-state index contributed by atoms with van der Waals surface area (Å²) in [5.41, 5.74) is 1.17. The lowest BCUT2D eigenvalue weighted by Crippen LogP contribution is -1.92. The number of aryl methyl sites for hydroxylation is 1. The fourth-order valence-electron chi connectivity index (χ4n) is 1.22. The Labute approximate surface area is 82.6 Å². The topological polar surface area (TPSA) is 29.5 Å². The minimum absolute atomic E-state index is 0.115. The first-order valence-electron chi connectivity index (χ1n) is 4.30. The van der Waals surface area contributed by atoms with Crippen molar-refractivity contribution in [1.82, 2.24) is 0 Å². The maximum absolute atomic E-state index is 13.4. The molecule has 0 saturated carbocycles. The quantitative estimate of drug-likeness (QED) is 0.802. The first-order chi connectivity index (χ1) is 6.69. The predicted molar refractivity (Wildman–Crippen MR) is 53.8 cm³/mol. The number of hydrogen-bond donors (Lipinski definition) is 1. The van der Waals surface area contributed by atoms with Crippen LogP contribution in [0.5, 0.6) is 5.75 Å². The molecule has 0 unspecified atom stereocenters. The third kappa shape index (κ3) is 2.33. The van der Waals surface area contributed by atoms with E-state index in [1.54, 1.807) is 13.0 Å². The Balaban J connectivity index is 3.18. The summed E-state index contributed by atoms with van der Waals surface area (Å²) in [6.45, 7) is 1.68. The molecule has 2 nitrogen and oxygen atoms in total. The van der Waals surface area contributed by atoms with Crippen molar-refractivity contribution in [3.8, 4) is 5.75 Å². The zero-order valence-electron chi connectivity index (χ0n) is 8.25. The molecule has 0 aliphatic carbocycles. The molecule has 3 heteroatoms. The highest BCUT2D eigenvalue weighted by Crippen LogP contribution is 2.24. The molecule has 1 aromatic rings. The Morgan fingerprint density at radius 1 is 1.50 bits per heavy atom. The van der Waals surface area contributed by atoms with Crippen LogP contribution < -0.4 is 4.74 Å². The summed E-state index contributed by atoms with van der Waals surface area (Å²) >= 11 is 0. The van der Waals surface area contributed by atoms with E-state index in [-0.39, 0.29) is 12.4 Å². The maximum atomic E-state index is 13.4. The molecule has 1 rings (SSSR count). The fourth-order valence-corrected chi connectivity index (χ4v) is 1.22. The molecule has 1 aromatic carbocycles. The van der Waals surface area contributed by atoms with Crippen LogP contribution in [0.1, 0.15) is 11.1 Å². The van der Waals surface area contributed by atoms with Gasteiger partial charge in [-0.25, -0.2) is 4.39 Å². The van der Waals surface area contributed by atoms with Crippen LogP contribution in [-0.4, -0.2) is 18.8 Å². The highest BCUT2D eigenvalue weighted by Gasteiger charge is 2.06. The van der Waals surface area contributed by atoms with Crippen molar-refractivity contribution in [3.63, 3.8) is 0 Å². The van der Waals surface area contributed by atoms with E-state index in [0.717, 1.165) is 5.56 Å². The van der Waals surface area contributed by atoms with Crippen molar-refractivity contribution in [2.75, 3.05) is 13.7 Å². The molecular formula is C11H13FO2. The number of ether oxygens (including phenoxy) is 1. The van der Waals surface area contributed by atoms with E-state index < -0.39 is 0 Å². The van der Waals surface area contributed by atoms with Gasteiger partial charge in [0.25, 0.3) is 0 Å². The van der Waals surface area contributed by atoms with E-state index in [1.807, 2.05) is 0 Å².